The second-order valence-corrected chi connectivity index (χ2v) is 9.47. The summed E-state index contributed by atoms with van der Waals surface area (Å²) in [4.78, 5) is 38.8. The second-order valence-electron chi connectivity index (χ2n) is 9.47. The minimum Gasteiger partial charge on any atom is -0.493 e. The number of nitrogens with one attached hydrogen (secondary N) is 2. The maximum Gasteiger partial charge on any atom is 0.343 e. The Morgan fingerprint density at radius 3 is 2.42 bits per heavy atom. The van der Waals surface area contributed by atoms with Gasteiger partial charge in [0.1, 0.15) is 17.3 Å². The number of nitrogens with zero attached hydrogens (tertiary/aromatic N) is 1. The molecule has 1 amide bonds. The molecule has 36 heavy (non-hydrogen) atoms. The van der Waals surface area contributed by atoms with Crippen LogP contribution in [0.2, 0.25) is 0 Å². The van der Waals surface area contributed by atoms with Gasteiger partial charge >= 0.3 is 5.97 Å². The Bertz CT molecular complexity index is 1200. The van der Waals surface area contributed by atoms with Crippen molar-refractivity contribution >= 4 is 23.5 Å². The molecular formula is C27H33N3O6. The summed E-state index contributed by atoms with van der Waals surface area (Å²) in [5.41, 5.74) is 2.71. The number of ketones is 1. The summed E-state index contributed by atoms with van der Waals surface area (Å²) in [7, 11) is 2.84. The van der Waals surface area contributed by atoms with Crippen molar-refractivity contribution in [3.8, 4) is 11.5 Å². The van der Waals surface area contributed by atoms with Crippen molar-refractivity contribution in [3.05, 3.63) is 58.1 Å². The molecule has 9 nitrogen and oxygen atoms in total. The Hall–Kier alpha value is -3.88. The zero-order valence-corrected chi connectivity index (χ0v) is 21.6. The van der Waals surface area contributed by atoms with E-state index < -0.39 is 5.97 Å². The van der Waals surface area contributed by atoms with Gasteiger partial charge in [0, 0.05) is 30.3 Å². The van der Waals surface area contributed by atoms with Crippen LogP contribution >= 0.6 is 0 Å². The van der Waals surface area contributed by atoms with Crippen LogP contribution in [0.4, 0.5) is 0 Å². The summed E-state index contributed by atoms with van der Waals surface area (Å²) in [5, 5.41) is 11.2. The Morgan fingerprint density at radius 1 is 1.08 bits per heavy atom. The third-order valence-electron chi connectivity index (χ3n) is 5.93. The number of fused-ring (bicyclic) bond motifs is 1. The molecule has 2 N–H and O–H groups in total. The molecule has 192 valence electrons. The zero-order chi connectivity index (χ0) is 26.6. The molecule has 0 aliphatic carbocycles. The zero-order valence-electron chi connectivity index (χ0n) is 21.6. The van der Waals surface area contributed by atoms with Crippen LogP contribution in [-0.2, 0) is 21.5 Å². The minimum atomic E-state index is -0.491. The van der Waals surface area contributed by atoms with Crippen LogP contribution in [0.3, 0.4) is 0 Å². The van der Waals surface area contributed by atoms with Crippen molar-refractivity contribution in [1.29, 1.82) is 5.41 Å². The van der Waals surface area contributed by atoms with Crippen molar-refractivity contribution in [1.82, 2.24) is 10.2 Å². The van der Waals surface area contributed by atoms with Gasteiger partial charge in [-0.1, -0.05) is 20.8 Å². The number of esters is 1. The van der Waals surface area contributed by atoms with E-state index in [-0.39, 0.29) is 36.1 Å². The number of ether oxygens (including phenoxy) is 3. The Labute approximate surface area is 211 Å². The van der Waals surface area contributed by atoms with Gasteiger partial charge in [0.2, 0.25) is 0 Å². The number of carbonyl (C=O) groups is 3. The first kappa shape index (κ1) is 26.7. The fourth-order valence-corrected chi connectivity index (χ4v) is 4.03. The van der Waals surface area contributed by atoms with E-state index in [1.807, 2.05) is 27.7 Å². The molecule has 0 radical (unpaired) electrons. The highest BCUT2D eigenvalue weighted by atomic mass is 16.6. The molecule has 0 fully saturated rings. The Morgan fingerprint density at radius 2 is 1.81 bits per heavy atom. The van der Waals surface area contributed by atoms with E-state index in [2.05, 4.69) is 10.1 Å². The highest BCUT2D eigenvalue weighted by Gasteiger charge is 2.30. The molecule has 0 unspecified atom stereocenters. The van der Waals surface area contributed by atoms with Crippen LogP contribution in [0.1, 0.15) is 65.1 Å². The Balaban J connectivity index is 1.83. The number of hydrogen-bond acceptors (Lipinski definition) is 7. The number of rotatable bonds is 9. The summed E-state index contributed by atoms with van der Waals surface area (Å²) in [6, 6.07) is 8.54. The molecule has 0 bridgehead atoms. The van der Waals surface area contributed by atoms with Crippen molar-refractivity contribution in [3.63, 3.8) is 0 Å². The molecular weight excluding hydrogens is 462 g/mol. The van der Waals surface area contributed by atoms with Crippen LogP contribution in [0.15, 0.2) is 30.3 Å². The van der Waals surface area contributed by atoms with Gasteiger partial charge in [0.15, 0.2) is 12.4 Å². The van der Waals surface area contributed by atoms with E-state index in [0.717, 1.165) is 11.1 Å². The molecule has 2 aromatic rings. The third kappa shape index (κ3) is 5.67. The van der Waals surface area contributed by atoms with Gasteiger partial charge in [-0.15, -0.1) is 0 Å². The smallest absolute Gasteiger partial charge is 0.343 e. The number of methoxy groups -OCH3 is 1. The van der Waals surface area contributed by atoms with Crippen LogP contribution in [-0.4, -0.2) is 62.3 Å². The number of amidine groups is 1. The highest BCUT2D eigenvalue weighted by Crippen LogP contribution is 2.34. The molecule has 0 saturated heterocycles. The molecule has 1 heterocycles. The van der Waals surface area contributed by atoms with Crippen molar-refractivity contribution in [2.45, 2.75) is 39.7 Å². The lowest BCUT2D eigenvalue weighted by atomic mass is 9.85. The predicted octanol–water partition coefficient (Wildman–Crippen LogP) is 3.32. The predicted molar refractivity (Wildman–Crippen MR) is 135 cm³/mol. The first-order valence-corrected chi connectivity index (χ1v) is 11.7. The van der Waals surface area contributed by atoms with E-state index in [1.165, 1.54) is 7.11 Å². The maximum absolute atomic E-state index is 13.2. The largest absolute Gasteiger partial charge is 0.493 e. The van der Waals surface area contributed by atoms with E-state index >= 15 is 0 Å². The molecule has 0 atom stereocenters. The van der Waals surface area contributed by atoms with E-state index in [1.54, 1.807) is 42.3 Å². The van der Waals surface area contributed by atoms with Gasteiger partial charge in [-0.3, -0.25) is 15.0 Å². The van der Waals surface area contributed by atoms with E-state index in [9.17, 15) is 14.4 Å². The number of amides is 1. The highest BCUT2D eigenvalue weighted by molar-refractivity contribution is 6.07. The first-order chi connectivity index (χ1) is 17.0. The topological polar surface area (TPSA) is 118 Å². The quantitative estimate of drug-likeness (QED) is 0.405. The normalized spacial score (nSPS) is 12.7. The number of benzene rings is 2. The lowest BCUT2D eigenvalue weighted by molar-refractivity contribution is -0.142. The molecule has 2 aromatic carbocycles. The number of Topliss-reactive ketones (excluding diaryl/α,β-unsaturated/α-hetero) is 1. The lowest BCUT2D eigenvalue weighted by Crippen LogP contribution is -2.30. The fraction of sp³-hybridized carbons (Fsp3) is 0.407. The molecule has 1 aliphatic rings. The van der Waals surface area contributed by atoms with Crippen LogP contribution < -0.4 is 14.8 Å². The fourth-order valence-electron chi connectivity index (χ4n) is 4.03. The minimum absolute atomic E-state index is 0.00125. The molecule has 0 spiro atoms. The average molecular weight is 496 g/mol. The molecule has 0 aromatic heterocycles. The third-order valence-corrected chi connectivity index (χ3v) is 5.93. The monoisotopic (exact) mass is 495 g/mol. The van der Waals surface area contributed by atoms with Crippen LogP contribution in [0, 0.1) is 5.41 Å². The second kappa shape index (κ2) is 10.8. The van der Waals surface area contributed by atoms with Gasteiger partial charge in [-0.25, -0.2) is 4.79 Å². The van der Waals surface area contributed by atoms with Gasteiger partial charge in [0.05, 0.1) is 25.8 Å². The summed E-state index contributed by atoms with van der Waals surface area (Å²) >= 11 is 0. The van der Waals surface area contributed by atoms with Crippen molar-refractivity contribution in [2.24, 2.45) is 0 Å². The molecule has 3 rings (SSSR count). The molecule has 1 aliphatic heterocycles. The SMILES string of the molecule is CCOc1cc2c(cc1C(=O)NC)C(=N)N(CC(=O)c1ccc(OCC(=O)OC)c(C(C)(C)C)c1)C2. The summed E-state index contributed by atoms with van der Waals surface area (Å²) in [6.45, 7) is 8.36. The summed E-state index contributed by atoms with van der Waals surface area (Å²) < 4.78 is 15.9. The number of carbonyl (C=O) groups excluding carboxylic acids is 3. The molecule has 0 saturated carbocycles. The van der Waals surface area contributed by atoms with Gasteiger partial charge < -0.3 is 24.4 Å². The van der Waals surface area contributed by atoms with E-state index in [0.29, 0.717) is 41.3 Å². The first-order valence-electron chi connectivity index (χ1n) is 11.7. The van der Waals surface area contributed by atoms with Crippen LogP contribution in [0.5, 0.6) is 11.5 Å². The van der Waals surface area contributed by atoms with Gasteiger partial charge in [-0.2, -0.15) is 0 Å². The summed E-state index contributed by atoms with van der Waals surface area (Å²) in [5.74, 6) is 0.196. The molecule has 9 heteroatoms. The van der Waals surface area contributed by atoms with Crippen molar-refractivity contribution in [2.75, 3.05) is 33.9 Å². The van der Waals surface area contributed by atoms with Gasteiger partial charge in [0.25, 0.3) is 5.91 Å². The maximum atomic E-state index is 13.2. The van der Waals surface area contributed by atoms with E-state index in [4.69, 9.17) is 14.9 Å². The Kier molecular flexibility index (Phi) is 8.02. The lowest BCUT2D eigenvalue weighted by Gasteiger charge is -2.24. The standard InChI is InChI=1S/C27H33N3O6/c1-7-35-23-11-17-13-30(25(28)18(17)12-19(23)26(33)29-5)14-21(31)16-8-9-22(36-15-24(32)34-6)20(10-16)27(2,3)4/h8-12,28H,7,13-15H2,1-6H3,(H,29,33). The summed E-state index contributed by atoms with van der Waals surface area (Å²) in [6.07, 6.45) is 0. The number of hydrogen-bond donors (Lipinski definition) is 2. The average Bonchev–Trinajstić information content (AvgIpc) is 3.14. The van der Waals surface area contributed by atoms with Gasteiger partial charge in [-0.05, 0) is 48.2 Å². The van der Waals surface area contributed by atoms with Crippen LogP contribution in [0.25, 0.3) is 0 Å². The van der Waals surface area contributed by atoms with Crippen molar-refractivity contribution < 1.29 is 28.6 Å².